The summed E-state index contributed by atoms with van der Waals surface area (Å²) in [4.78, 5) is 37.4. The van der Waals surface area contributed by atoms with Crippen LogP contribution in [0.1, 0.15) is 22.8 Å². The summed E-state index contributed by atoms with van der Waals surface area (Å²) >= 11 is 0. The van der Waals surface area contributed by atoms with E-state index >= 15 is 0 Å². The molecule has 2 aromatic carbocycles. The molecule has 4 rings (SSSR count). The molecule has 0 bridgehead atoms. The minimum absolute atomic E-state index is 0.0674. The Morgan fingerprint density at radius 2 is 1.90 bits per heavy atom. The SMILES string of the molecule is C[C@H]1Cc2ccccc2N1C(=O)COC(=O)c1cc2c(cc1[N+](=O)[O-])OCCO2. The van der Waals surface area contributed by atoms with Crippen molar-refractivity contribution in [3.05, 3.63) is 57.6 Å². The summed E-state index contributed by atoms with van der Waals surface area (Å²) in [5.74, 6) is -0.946. The summed E-state index contributed by atoms with van der Waals surface area (Å²) in [6.07, 6.45) is 0.712. The number of carbonyl (C=O) groups excluding carboxylic acids is 2. The van der Waals surface area contributed by atoms with Gasteiger partial charge in [0.05, 0.1) is 11.0 Å². The summed E-state index contributed by atoms with van der Waals surface area (Å²) in [6, 6.07) is 9.80. The lowest BCUT2D eigenvalue weighted by molar-refractivity contribution is -0.385. The number of rotatable bonds is 4. The normalized spacial score (nSPS) is 16.9. The van der Waals surface area contributed by atoms with Crippen molar-refractivity contribution < 1.29 is 28.7 Å². The molecule has 2 heterocycles. The quantitative estimate of drug-likeness (QED) is 0.442. The van der Waals surface area contributed by atoms with E-state index in [0.29, 0.717) is 6.42 Å². The van der Waals surface area contributed by atoms with Crippen molar-refractivity contribution in [1.82, 2.24) is 0 Å². The summed E-state index contributed by atoms with van der Waals surface area (Å²) in [5.41, 5.74) is 1.07. The third kappa shape index (κ3) is 3.46. The molecule has 2 aliphatic heterocycles. The fraction of sp³-hybridized carbons (Fsp3) is 0.300. The summed E-state index contributed by atoms with van der Waals surface area (Å²) in [7, 11) is 0. The Balaban J connectivity index is 1.52. The average molecular weight is 398 g/mol. The number of nitro groups is 1. The van der Waals surface area contributed by atoms with Crippen LogP contribution in [0.25, 0.3) is 0 Å². The zero-order chi connectivity index (χ0) is 20.5. The van der Waals surface area contributed by atoms with Crippen molar-refractivity contribution >= 4 is 23.3 Å². The van der Waals surface area contributed by atoms with Crippen LogP contribution in [0, 0.1) is 10.1 Å². The molecule has 150 valence electrons. The standard InChI is InChI=1S/C20H18N2O7/c1-12-8-13-4-2-3-5-15(13)21(12)19(23)11-29-20(24)14-9-17-18(28-7-6-27-17)10-16(14)22(25)26/h2-5,9-10,12H,6-8,11H2,1H3/t12-/m0/s1. The fourth-order valence-electron chi connectivity index (χ4n) is 3.61. The number of amides is 1. The van der Waals surface area contributed by atoms with E-state index in [9.17, 15) is 19.7 Å². The molecule has 2 aromatic rings. The predicted molar refractivity (Wildman–Crippen MR) is 101 cm³/mol. The molecular formula is C20H18N2O7. The van der Waals surface area contributed by atoms with E-state index in [0.717, 1.165) is 17.3 Å². The monoisotopic (exact) mass is 398 g/mol. The van der Waals surface area contributed by atoms with Gasteiger partial charge in [-0.2, -0.15) is 0 Å². The minimum Gasteiger partial charge on any atom is -0.486 e. The summed E-state index contributed by atoms with van der Waals surface area (Å²) in [6.45, 7) is 1.91. The van der Waals surface area contributed by atoms with Crippen LogP contribution in [-0.4, -0.2) is 42.7 Å². The maximum Gasteiger partial charge on any atom is 0.345 e. The number of anilines is 1. The van der Waals surface area contributed by atoms with Gasteiger partial charge in [-0.3, -0.25) is 14.9 Å². The Morgan fingerprint density at radius 3 is 2.62 bits per heavy atom. The predicted octanol–water partition coefficient (Wildman–Crippen LogP) is 2.50. The van der Waals surface area contributed by atoms with Gasteiger partial charge < -0.3 is 19.1 Å². The van der Waals surface area contributed by atoms with Crippen LogP contribution in [0.4, 0.5) is 11.4 Å². The highest BCUT2D eigenvalue weighted by atomic mass is 16.6. The highest BCUT2D eigenvalue weighted by Gasteiger charge is 2.32. The van der Waals surface area contributed by atoms with Gasteiger partial charge in [-0.15, -0.1) is 0 Å². The van der Waals surface area contributed by atoms with Gasteiger partial charge in [-0.1, -0.05) is 18.2 Å². The van der Waals surface area contributed by atoms with Crippen LogP contribution in [-0.2, 0) is 16.0 Å². The lowest BCUT2D eigenvalue weighted by Crippen LogP contribution is -2.38. The molecule has 0 saturated carbocycles. The average Bonchev–Trinajstić information content (AvgIpc) is 3.06. The van der Waals surface area contributed by atoms with Crippen LogP contribution < -0.4 is 14.4 Å². The van der Waals surface area contributed by atoms with Crippen LogP contribution in [0.2, 0.25) is 0 Å². The number of fused-ring (bicyclic) bond motifs is 2. The van der Waals surface area contributed by atoms with Crippen LogP contribution in [0.5, 0.6) is 11.5 Å². The largest absolute Gasteiger partial charge is 0.486 e. The molecular weight excluding hydrogens is 380 g/mol. The number of para-hydroxylation sites is 1. The summed E-state index contributed by atoms with van der Waals surface area (Å²) < 4.78 is 15.8. The van der Waals surface area contributed by atoms with E-state index in [1.807, 2.05) is 31.2 Å². The first-order valence-corrected chi connectivity index (χ1v) is 9.11. The van der Waals surface area contributed by atoms with Gasteiger partial charge in [0.15, 0.2) is 18.1 Å². The number of benzene rings is 2. The molecule has 9 heteroatoms. The Labute approximate surface area is 165 Å². The van der Waals surface area contributed by atoms with E-state index in [1.54, 1.807) is 4.90 Å². The van der Waals surface area contributed by atoms with Gasteiger partial charge in [0.25, 0.3) is 11.6 Å². The van der Waals surface area contributed by atoms with Gasteiger partial charge >= 0.3 is 5.97 Å². The van der Waals surface area contributed by atoms with E-state index in [4.69, 9.17) is 14.2 Å². The minimum atomic E-state index is -0.970. The number of nitro benzene ring substituents is 1. The molecule has 0 saturated heterocycles. The van der Waals surface area contributed by atoms with Gasteiger partial charge in [-0.05, 0) is 25.0 Å². The van der Waals surface area contributed by atoms with Crippen molar-refractivity contribution in [3.8, 4) is 11.5 Å². The lowest BCUT2D eigenvalue weighted by Gasteiger charge is -2.22. The zero-order valence-corrected chi connectivity index (χ0v) is 15.6. The number of hydrogen-bond donors (Lipinski definition) is 0. The Kier molecular flexibility index (Phi) is 4.79. The second kappa shape index (κ2) is 7.42. The highest BCUT2D eigenvalue weighted by molar-refractivity contribution is 6.00. The Morgan fingerprint density at radius 1 is 1.21 bits per heavy atom. The molecule has 0 spiro atoms. The molecule has 1 amide bonds. The summed E-state index contributed by atoms with van der Waals surface area (Å²) in [5, 5.41) is 11.4. The van der Waals surface area contributed by atoms with Crippen LogP contribution in [0.15, 0.2) is 36.4 Å². The van der Waals surface area contributed by atoms with E-state index < -0.39 is 29.1 Å². The van der Waals surface area contributed by atoms with Gasteiger partial charge in [0.2, 0.25) is 0 Å². The van der Waals surface area contributed by atoms with E-state index in [1.165, 1.54) is 6.07 Å². The Hall–Kier alpha value is -3.62. The van der Waals surface area contributed by atoms with Crippen LogP contribution >= 0.6 is 0 Å². The molecule has 29 heavy (non-hydrogen) atoms. The van der Waals surface area contributed by atoms with Crippen molar-refractivity contribution in [2.24, 2.45) is 0 Å². The van der Waals surface area contributed by atoms with Crippen molar-refractivity contribution in [2.75, 3.05) is 24.7 Å². The number of esters is 1. The molecule has 9 nitrogen and oxygen atoms in total. The van der Waals surface area contributed by atoms with Gasteiger partial charge in [-0.25, -0.2) is 4.79 Å². The molecule has 0 N–H and O–H groups in total. The molecule has 0 fully saturated rings. The molecule has 0 aliphatic carbocycles. The van der Waals surface area contributed by atoms with Crippen molar-refractivity contribution in [2.45, 2.75) is 19.4 Å². The van der Waals surface area contributed by atoms with E-state index in [-0.39, 0.29) is 36.3 Å². The number of carbonyl (C=O) groups is 2. The van der Waals surface area contributed by atoms with Crippen molar-refractivity contribution in [1.29, 1.82) is 0 Å². The van der Waals surface area contributed by atoms with Crippen LogP contribution in [0.3, 0.4) is 0 Å². The number of hydrogen-bond acceptors (Lipinski definition) is 7. The number of ether oxygens (including phenoxy) is 3. The lowest BCUT2D eigenvalue weighted by atomic mass is 10.1. The third-order valence-corrected chi connectivity index (χ3v) is 4.88. The fourth-order valence-corrected chi connectivity index (χ4v) is 3.61. The first-order chi connectivity index (χ1) is 14.0. The maximum atomic E-state index is 12.7. The molecule has 0 radical (unpaired) electrons. The maximum absolute atomic E-state index is 12.7. The molecule has 0 aromatic heterocycles. The van der Waals surface area contributed by atoms with E-state index in [2.05, 4.69) is 0 Å². The second-order valence-corrected chi connectivity index (χ2v) is 6.79. The second-order valence-electron chi connectivity index (χ2n) is 6.79. The van der Waals surface area contributed by atoms with Crippen molar-refractivity contribution in [3.63, 3.8) is 0 Å². The third-order valence-electron chi connectivity index (χ3n) is 4.88. The first kappa shape index (κ1) is 18.7. The first-order valence-electron chi connectivity index (χ1n) is 9.11. The smallest absolute Gasteiger partial charge is 0.345 e. The zero-order valence-electron chi connectivity index (χ0n) is 15.6. The molecule has 0 unspecified atom stereocenters. The molecule has 1 atom stereocenters. The topological polar surface area (TPSA) is 108 Å². The van der Waals surface area contributed by atoms with Gasteiger partial charge in [0, 0.05) is 17.8 Å². The van der Waals surface area contributed by atoms with Gasteiger partial charge in [0.1, 0.15) is 18.8 Å². The molecule has 2 aliphatic rings. The highest BCUT2D eigenvalue weighted by Crippen LogP contribution is 2.37. The number of nitrogens with zero attached hydrogens (tertiary/aromatic N) is 2. The Bertz CT molecular complexity index is 1000.